The number of aryl methyl sites for hydroxylation is 1. The number of aromatic hydroxyl groups is 1. The minimum absolute atomic E-state index is 0.0292. The summed E-state index contributed by atoms with van der Waals surface area (Å²) in [5, 5.41) is 14.7. The molecule has 2 aromatic carbocycles. The minimum atomic E-state index is -0.319. The lowest BCUT2D eigenvalue weighted by Crippen LogP contribution is -1.98. The predicted octanol–water partition coefficient (Wildman–Crippen LogP) is 3.42. The Morgan fingerprint density at radius 2 is 2.07 bits per heavy atom. The Morgan fingerprint density at radius 3 is 2.85 bits per heavy atom. The van der Waals surface area contributed by atoms with E-state index < -0.39 is 0 Å². The molecule has 2 heterocycles. The SMILES string of the molecule is COc1ccc(C=NNc2ncnc3c4cc(F)ccc4n(C)c23)cc1O. The summed E-state index contributed by atoms with van der Waals surface area (Å²) in [5.74, 6) is 0.593. The van der Waals surface area contributed by atoms with Gasteiger partial charge in [0.2, 0.25) is 0 Å². The van der Waals surface area contributed by atoms with E-state index in [2.05, 4.69) is 20.5 Å². The van der Waals surface area contributed by atoms with Crippen LogP contribution in [0, 0.1) is 5.82 Å². The molecule has 2 N–H and O–H groups in total. The fourth-order valence-electron chi connectivity index (χ4n) is 3.04. The highest BCUT2D eigenvalue weighted by atomic mass is 19.1. The Bertz CT molecular complexity index is 1190. The van der Waals surface area contributed by atoms with Crippen LogP contribution in [-0.4, -0.2) is 33.0 Å². The lowest BCUT2D eigenvalue weighted by Gasteiger charge is -2.05. The first-order valence-corrected chi connectivity index (χ1v) is 8.13. The summed E-state index contributed by atoms with van der Waals surface area (Å²) in [6, 6.07) is 9.53. The molecule has 4 rings (SSSR count). The molecule has 4 aromatic rings. The van der Waals surface area contributed by atoms with Crippen LogP contribution in [0.15, 0.2) is 47.8 Å². The Balaban J connectivity index is 1.70. The van der Waals surface area contributed by atoms with E-state index >= 15 is 0 Å². The molecule has 0 bridgehead atoms. The number of ether oxygens (including phenoxy) is 1. The van der Waals surface area contributed by atoms with E-state index in [-0.39, 0.29) is 11.6 Å². The summed E-state index contributed by atoms with van der Waals surface area (Å²) in [6.45, 7) is 0. The van der Waals surface area contributed by atoms with Crippen LogP contribution in [0.25, 0.3) is 21.9 Å². The molecule has 0 saturated carbocycles. The largest absolute Gasteiger partial charge is 0.504 e. The van der Waals surface area contributed by atoms with Crippen molar-refractivity contribution < 1.29 is 14.2 Å². The molecule has 136 valence electrons. The number of anilines is 1. The Morgan fingerprint density at radius 1 is 1.22 bits per heavy atom. The van der Waals surface area contributed by atoms with Crippen LogP contribution in [0.2, 0.25) is 0 Å². The summed E-state index contributed by atoms with van der Waals surface area (Å²) >= 11 is 0. The third kappa shape index (κ3) is 2.91. The van der Waals surface area contributed by atoms with E-state index in [1.54, 1.807) is 30.5 Å². The van der Waals surface area contributed by atoms with Crippen molar-refractivity contribution >= 4 is 34.0 Å². The topological polar surface area (TPSA) is 84.6 Å². The number of halogens is 1. The number of hydrogen-bond acceptors (Lipinski definition) is 6. The lowest BCUT2D eigenvalue weighted by molar-refractivity contribution is 0.373. The molecule has 0 unspecified atom stereocenters. The summed E-state index contributed by atoms with van der Waals surface area (Å²) in [6.07, 6.45) is 2.96. The van der Waals surface area contributed by atoms with Gasteiger partial charge in [-0.05, 0) is 42.0 Å². The van der Waals surface area contributed by atoms with E-state index in [0.29, 0.717) is 33.6 Å². The van der Waals surface area contributed by atoms with E-state index in [0.717, 1.165) is 5.52 Å². The van der Waals surface area contributed by atoms with Gasteiger partial charge in [0.05, 0.1) is 18.8 Å². The third-order valence-corrected chi connectivity index (χ3v) is 4.32. The van der Waals surface area contributed by atoms with Gasteiger partial charge in [-0.1, -0.05) is 0 Å². The average Bonchev–Trinajstić information content (AvgIpc) is 2.95. The van der Waals surface area contributed by atoms with Crippen molar-refractivity contribution in [1.29, 1.82) is 0 Å². The van der Waals surface area contributed by atoms with Crippen LogP contribution in [0.3, 0.4) is 0 Å². The predicted molar refractivity (Wildman–Crippen MR) is 102 cm³/mol. The van der Waals surface area contributed by atoms with Crippen molar-refractivity contribution in [3.63, 3.8) is 0 Å². The monoisotopic (exact) mass is 365 g/mol. The van der Waals surface area contributed by atoms with Crippen LogP contribution >= 0.6 is 0 Å². The summed E-state index contributed by atoms with van der Waals surface area (Å²) in [4.78, 5) is 8.53. The number of hydrogen-bond donors (Lipinski definition) is 2. The van der Waals surface area contributed by atoms with Crippen LogP contribution in [0.4, 0.5) is 10.2 Å². The van der Waals surface area contributed by atoms with Gasteiger partial charge in [-0.25, -0.2) is 14.4 Å². The molecule has 0 saturated heterocycles. The molecular weight excluding hydrogens is 349 g/mol. The maximum atomic E-state index is 13.6. The fourth-order valence-corrected chi connectivity index (χ4v) is 3.04. The molecule has 0 aliphatic heterocycles. The molecule has 7 nitrogen and oxygen atoms in total. The number of fused-ring (bicyclic) bond motifs is 3. The third-order valence-electron chi connectivity index (χ3n) is 4.32. The fraction of sp³-hybridized carbons (Fsp3) is 0.105. The average molecular weight is 365 g/mol. The number of benzene rings is 2. The Hall–Kier alpha value is -3.68. The number of phenols is 1. The molecule has 0 fully saturated rings. The number of nitrogens with one attached hydrogen (secondary N) is 1. The second-order valence-electron chi connectivity index (χ2n) is 5.94. The number of nitrogens with zero attached hydrogens (tertiary/aromatic N) is 4. The van der Waals surface area contributed by atoms with Gasteiger partial charge in [-0.15, -0.1) is 0 Å². The van der Waals surface area contributed by atoms with Gasteiger partial charge < -0.3 is 14.4 Å². The van der Waals surface area contributed by atoms with E-state index in [1.807, 2.05) is 11.6 Å². The van der Waals surface area contributed by atoms with Crippen molar-refractivity contribution in [2.45, 2.75) is 0 Å². The second-order valence-corrected chi connectivity index (χ2v) is 5.94. The van der Waals surface area contributed by atoms with Gasteiger partial charge in [-0.2, -0.15) is 5.10 Å². The van der Waals surface area contributed by atoms with Gasteiger partial charge in [-0.3, -0.25) is 5.43 Å². The molecule has 0 amide bonds. The molecule has 0 aliphatic carbocycles. The maximum absolute atomic E-state index is 13.6. The molecule has 0 atom stereocenters. The number of rotatable bonds is 4. The molecule has 0 radical (unpaired) electrons. The van der Waals surface area contributed by atoms with Gasteiger partial charge in [0.1, 0.15) is 23.2 Å². The molecule has 2 aromatic heterocycles. The number of phenolic OH excluding ortho intramolecular Hbond substituents is 1. The van der Waals surface area contributed by atoms with Crippen LogP contribution in [0.5, 0.6) is 11.5 Å². The van der Waals surface area contributed by atoms with E-state index in [1.165, 1.54) is 25.6 Å². The van der Waals surface area contributed by atoms with Crippen molar-refractivity contribution in [1.82, 2.24) is 14.5 Å². The van der Waals surface area contributed by atoms with Gasteiger partial charge in [0.25, 0.3) is 0 Å². The van der Waals surface area contributed by atoms with Gasteiger partial charge in [0, 0.05) is 12.4 Å². The van der Waals surface area contributed by atoms with Crippen LogP contribution < -0.4 is 10.2 Å². The van der Waals surface area contributed by atoms with Crippen molar-refractivity contribution in [2.24, 2.45) is 12.1 Å². The highest BCUT2D eigenvalue weighted by molar-refractivity contribution is 6.08. The lowest BCUT2D eigenvalue weighted by atomic mass is 10.2. The minimum Gasteiger partial charge on any atom is -0.504 e. The first-order chi connectivity index (χ1) is 13.1. The zero-order valence-corrected chi connectivity index (χ0v) is 14.6. The Labute approximate surface area is 153 Å². The second kappa shape index (κ2) is 6.56. The van der Waals surface area contributed by atoms with Crippen molar-refractivity contribution in [2.75, 3.05) is 12.5 Å². The van der Waals surface area contributed by atoms with Gasteiger partial charge in [0.15, 0.2) is 17.3 Å². The number of aromatic nitrogens is 3. The first-order valence-electron chi connectivity index (χ1n) is 8.13. The zero-order valence-electron chi connectivity index (χ0n) is 14.6. The van der Waals surface area contributed by atoms with E-state index in [9.17, 15) is 9.50 Å². The standard InChI is InChI=1S/C19H16FN5O2/c1-25-14-5-4-12(20)8-13(14)17-18(25)19(22-10-21-17)24-23-9-11-3-6-16(27-2)15(26)7-11/h3-10,26H,1-2H3,(H,21,22,24). The molecule has 8 heteroatoms. The van der Waals surface area contributed by atoms with Crippen LogP contribution in [0.1, 0.15) is 5.56 Å². The summed E-state index contributed by atoms with van der Waals surface area (Å²) in [5.41, 5.74) is 5.78. The molecule has 27 heavy (non-hydrogen) atoms. The summed E-state index contributed by atoms with van der Waals surface area (Å²) in [7, 11) is 3.35. The van der Waals surface area contributed by atoms with Crippen LogP contribution in [-0.2, 0) is 7.05 Å². The molecule has 0 spiro atoms. The maximum Gasteiger partial charge on any atom is 0.174 e. The zero-order chi connectivity index (χ0) is 19.0. The smallest absolute Gasteiger partial charge is 0.174 e. The van der Waals surface area contributed by atoms with Gasteiger partial charge >= 0.3 is 0 Å². The number of methoxy groups -OCH3 is 1. The highest BCUT2D eigenvalue weighted by Gasteiger charge is 2.14. The first kappa shape index (κ1) is 16.8. The normalized spacial score (nSPS) is 11.5. The quantitative estimate of drug-likeness (QED) is 0.428. The molecular formula is C19H16FN5O2. The molecule has 0 aliphatic rings. The summed E-state index contributed by atoms with van der Waals surface area (Å²) < 4.78 is 20.5. The number of hydrazone groups is 1. The van der Waals surface area contributed by atoms with Crippen molar-refractivity contribution in [3.05, 3.63) is 54.1 Å². The van der Waals surface area contributed by atoms with E-state index in [4.69, 9.17) is 4.74 Å². The highest BCUT2D eigenvalue weighted by Crippen LogP contribution is 2.30. The Kier molecular flexibility index (Phi) is 4.08. The van der Waals surface area contributed by atoms with Crippen molar-refractivity contribution in [3.8, 4) is 11.5 Å².